The number of piperazine rings is 1. The van der Waals surface area contributed by atoms with E-state index in [9.17, 15) is 4.79 Å². The fraction of sp³-hybridized carbons (Fsp3) is 0.533. The van der Waals surface area contributed by atoms with Gasteiger partial charge in [-0.05, 0) is 12.0 Å². The number of anilines is 1. The van der Waals surface area contributed by atoms with Crippen molar-refractivity contribution in [2.24, 2.45) is 5.92 Å². The van der Waals surface area contributed by atoms with Gasteiger partial charge in [0, 0.05) is 38.6 Å². The van der Waals surface area contributed by atoms with Crippen LogP contribution < -0.4 is 4.90 Å². The second kappa shape index (κ2) is 6.72. The summed E-state index contributed by atoms with van der Waals surface area (Å²) in [5.41, 5.74) is 0. The average molecular weight is 315 g/mol. The van der Waals surface area contributed by atoms with Crippen LogP contribution in [-0.2, 0) is 4.79 Å². The first kappa shape index (κ1) is 15.4. The minimum Gasteiger partial charge on any atom is -0.337 e. The Morgan fingerprint density at radius 1 is 1.13 bits per heavy atom. The van der Waals surface area contributed by atoms with Crippen LogP contribution in [0, 0.1) is 5.92 Å². The van der Waals surface area contributed by atoms with Crippen molar-refractivity contribution in [2.45, 2.75) is 19.9 Å². The summed E-state index contributed by atoms with van der Waals surface area (Å²) in [4.78, 5) is 29.4. The van der Waals surface area contributed by atoms with E-state index >= 15 is 0 Å². The molecule has 3 rings (SSSR count). The van der Waals surface area contributed by atoms with E-state index < -0.39 is 0 Å². The SMILES string of the molecule is CC(C)C(C(=O)N1CCN(c2ncccn2)CC1)n1cncn1. The predicted molar refractivity (Wildman–Crippen MR) is 84.7 cm³/mol. The standard InChI is InChI=1S/C15H21N7O/c1-12(2)13(22-11-16-10-19-22)14(23)20-6-8-21(9-7-20)15-17-4-3-5-18-15/h3-5,10-13H,6-9H2,1-2H3. The first-order valence-electron chi connectivity index (χ1n) is 7.81. The van der Waals surface area contributed by atoms with E-state index in [0.717, 1.165) is 19.0 Å². The van der Waals surface area contributed by atoms with Crippen LogP contribution in [0.2, 0.25) is 0 Å². The Kier molecular flexibility index (Phi) is 4.50. The van der Waals surface area contributed by atoms with E-state index in [1.165, 1.54) is 6.33 Å². The van der Waals surface area contributed by atoms with Crippen molar-refractivity contribution >= 4 is 11.9 Å². The van der Waals surface area contributed by atoms with Crippen molar-refractivity contribution in [2.75, 3.05) is 31.1 Å². The molecule has 23 heavy (non-hydrogen) atoms. The van der Waals surface area contributed by atoms with Gasteiger partial charge in [-0.25, -0.2) is 19.6 Å². The Balaban J connectivity index is 1.66. The van der Waals surface area contributed by atoms with Crippen LogP contribution in [-0.4, -0.2) is 61.7 Å². The van der Waals surface area contributed by atoms with Gasteiger partial charge in [-0.1, -0.05) is 13.8 Å². The molecule has 1 unspecified atom stereocenters. The lowest BCUT2D eigenvalue weighted by atomic mass is 10.0. The van der Waals surface area contributed by atoms with Gasteiger partial charge in [-0.3, -0.25) is 4.79 Å². The van der Waals surface area contributed by atoms with Crippen molar-refractivity contribution in [1.82, 2.24) is 29.6 Å². The van der Waals surface area contributed by atoms with E-state index in [4.69, 9.17) is 0 Å². The van der Waals surface area contributed by atoms with E-state index in [2.05, 4.69) is 25.0 Å². The zero-order valence-electron chi connectivity index (χ0n) is 13.4. The van der Waals surface area contributed by atoms with Crippen LogP contribution in [0.3, 0.4) is 0 Å². The molecular formula is C15H21N7O. The molecule has 0 aromatic carbocycles. The van der Waals surface area contributed by atoms with E-state index in [1.54, 1.807) is 29.5 Å². The second-order valence-electron chi connectivity index (χ2n) is 5.93. The molecule has 1 fully saturated rings. The van der Waals surface area contributed by atoms with E-state index in [0.29, 0.717) is 13.1 Å². The molecule has 0 N–H and O–H groups in total. The summed E-state index contributed by atoms with van der Waals surface area (Å²) in [6, 6.07) is 1.49. The summed E-state index contributed by atoms with van der Waals surface area (Å²) >= 11 is 0. The highest BCUT2D eigenvalue weighted by molar-refractivity contribution is 5.80. The highest BCUT2D eigenvalue weighted by Crippen LogP contribution is 2.21. The Hall–Kier alpha value is -2.51. The number of nitrogens with zero attached hydrogens (tertiary/aromatic N) is 7. The molecule has 1 amide bonds. The van der Waals surface area contributed by atoms with Crippen LogP contribution in [0.4, 0.5) is 5.95 Å². The lowest BCUT2D eigenvalue weighted by Gasteiger charge is -2.37. The fourth-order valence-corrected chi connectivity index (χ4v) is 2.83. The largest absolute Gasteiger partial charge is 0.337 e. The van der Waals surface area contributed by atoms with Gasteiger partial charge in [-0.15, -0.1) is 0 Å². The van der Waals surface area contributed by atoms with Crippen LogP contribution >= 0.6 is 0 Å². The number of carbonyl (C=O) groups is 1. The molecule has 8 heteroatoms. The van der Waals surface area contributed by atoms with E-state index in [1.807, 2.05) is 18.7 Å². The molecule has 1 saturated heterocycles. The quantitative estimate of drug-likeness (QED) is 0.822. The van der Waals surface area contributed by atoms with Crippen molar-refractivity contribution in [1.29, 1.82) is 0 Å². The third-order valence-corrected chi connectivity index (χ3v) is 4.03. The molecule has 0 radical (unpaired) electrons. The van der Waals surface area contributed by atoms with Gasteiger partial charge in [0.2, 0.25) is 11.9 Å². The highest BCUT2D eigenvalue weighted by Gasteiger charge is 2.31. The lowest BCUT2D eigenvalue weighted by Crippen LogP contribution is -2.51. The van der Waals surface area contributed by atoms with Crippen molar-refractivity contribution in [3.05, 3.63) is 31.1 Å². The predicted octanol–water partition coefficient (Wildman–Crippen LogP) is 0.614. The molecule has 3 heterocycles. The fourth-order valence-electron chi connectivity index (χ4n) is 2.83. The summed E-state index contributed by atoms with van der Waals surface area (Å²) in [6.07, 6.45) is 6.54. The Morgan fingerprint density at radius 3 is 2.39 bits per heavy atom. The van der Waals surface area contributed by atoms with Gasteiger partial charge in [-0.2, -0.15) is 5.10 Å². The maximum atomic E-state index is 12.9. The smallest absolute Gasteiger partial charge is 0.247 e. The average Bonchev–Trinajstić information content (AvgIpc) is 3.09. The van der Waals surface area contributed by atoms with Gasteiger partial charge in [0.25, 0.3) is 0 Å². The van der Waals surface area contributed by atoms with Gasteiger partial charge in [0.1, 0.15) is 18.7 Å². The highest BCUT2D eigenvalue weighted by atomic mass is 16.2. The van der Waals surface area contributed by atoms with Crippen LogP contribution in [0.5, 0.6) is 0 Å². The number of rotatable bonds is 4. The molecule has 8 nitrogen and oxygen atoms in total. The summed E-state index contributed by atoms with van der Waals surface area (Å²) in [5.74, 6) is 0.968. The summed E-state index contributed by atoms with van der Waals surface area (Å²) in [7, 11) is 0. The Morgan fingerprint density at radius 2 is 1.83 bits per heavy atom. The lowest BCUT2D eigenvalue weighted by molar-refractivity contribution is -0.136. The van der Waals surface area contributed by atoms with Crippen LogP contribution in [0.25, 0.3) is 0 Å². The Labute approximate surface area is 135 Å². The summed E-state index contributed by atoms with van der Waals surface area (Å²) in [5, 5.41) is 4.14. The van der Waals surface area contributed by atoms with Gasteiger partial charge in [0.15, 0.2) is 0 Å². The molecule has 0 saturated carbocycles. The van der Waals surface area contributed by atoms with Gasteiger partial charge in [0.05, 0.1) is 0 Å². The summed E-state index contributed by atoms with van der Waals surface area (Å²) in [6.45, 7) is 6.84. The van der Waals surface area contributed by atoms with Crippen molar-refractivity contribution in [3.8, 4) is 0 Å². The minimum absolute atomic E-state index is 0.0964. The molecule has 0 aliphatic carbocycles. The number of amides is 1. The number of aromatic nitrogens is 5. The zero-order chi connectivity index (χ0) is 16.2. The number of hydrogen-bond acceptors (Lipinski definition) is 6. The monoisotopic (exact) mass is 315 g/mol. The van der Waals surface area contributed by atoms with Gasteiger partial charge >= 0.3 is 0 Å². The van der Waals surface area contributed by atoms with Crippen molar-refractivity contribution in [3.63, 3.8) is 0 Å². The molecule has 1 aliphatic rings. The molecule has 0 spiro atoms. The molecule has 1 aliphatic heterocycles. The molecular weight excluding hydrogens is 294 g/mol. The Bertz CT molecular complexity index is 621. The van der Waals surface area contributed by atoms with Gasteiger partial charge < -0.3 is 9.80 Å². The second-order valence-corrected chi connectivity index (χ2v) is 5.93. The topological polar surface area (TPSA) is 80.0 Å². The third kappa shape index (κ3) is 3.30. The minimum atomic E-state index is -0.308. The maximum absolute atomic E-state index is 12.9. The number of hydrogen-bond donors (Lipinski definition) is 0. The summed E-state index contributed by atoms with van der Waals surface area (Å²) < 4.78 is 1.65. The first-order chi connectivity index (χ1) is 11.2. The number of carbonyl (C=O) groups excluding carboxylic acids is 1. The molecule has 2 aromatic heterocycles. The molecule has 1 atom stereocenters. The van der Waals surface area contributed by atoms with Crippen LogP contribution in [0.15, 0.2) is 31.1 Å². The van der Waals surface area contributed by atoms with Crippen LogP contribution in [0.1, 0.15) is 19.9 Å². The van der Waals surface area contributed by atoms with E-state index in [-0.39, 0.29) is 17.9 Å². The zero-order valence-corrected chi connectivity index (χ0v) is 13.4. The first-order valence-corrected chi connectivity index (χ1v) is 7.81. The maximum Gasteiger partial charge on any atom is 0.247 e. The normalized spacial score (nSPS) is 16.7. The van der Waals surface area contributed by atoms with Crippen molar-refractivity contribution < 1.29 is 4.79 Å². The molecule has 122 valence electrons. The molecule has 0 bridgehead atoms. The molecule has 2 aromatic rings. The third-order valence-electron chi connectivity index (χ3n) is 4.03.